The van der Waals surface area contributed by atoms with Gasteiger partial charge in [0.15, 0.2) is 5.54 Å². The predicted molar refractivity (Wildman–Crippen MR) is 135 cm³/mol. The monoisotopic (exact) mass is 479 g/mol. The maximum atomic E-state index is 13.5. The fourth-order valence-corrected chi connectivity index (χ4v) is 3.67. The van der Waals surface area contributed by atoms with E-state index in [0.717, 1.165) is 17.5 Å². The predicted octanol–water partition coefficient (Wildman–Crippen LogP) is 4.70. The number of aliphatic hydroxyl groups excluding tert-OH is 1. The summed E-state index contributed by atoms with van der Waals surface area (Å²) in [5.41, 5.74) is 9.76. The molecule has 0 aromatic heterocycles. The Balaban J connectivity index is 1.87. The van der Waals surface area contributed by atoms with E-state index >= 15 is 0 Å². The molecule has 2 aromatic carbocycles. The fourth-order valence-electron chi connectivity index (χ4n) is 3.67. The molecule has 0 spiro atoms. The number of azide groups is 1. The van der Waals surface area contributed by atoms with E-state index in [1.807, 2.05) is 24.3 Å². The van der Waals surface area contributed by atoms with Gasteiger partial charge in [-0.1, -0.05) is 50.2 Å². The van der Waals surface area contributed by atoms with Crippen molar-refractivity contribution < 1.29 is 19.4 Å². The second-order valence-electron chi connectivity index (χ2n) is 9.75. The molecule has 186 valence electrons. The van der Waals surface area contributed by atoms with Crippen LogP contribution in [0.1, 0.15) is 44.7 Å². The normalized spacial score (nSPS) is 17.2. The van der Waals surface area contributed by atoms with Crippen LogP contribution in [0.15, 0.2) is 58.6 Å². The standard InChI is InChI=1S/C26H33N5O4/c1-25(2,3)13-14-28-24(33)26(17-20-7-4-5-8-22(20)30-31-27)18-35-23(29-26)19-9-11-21(12-10-19)34-16-6-15-32/h4-5,7-12,32H,6,13-18H2,1-3H3,(H,28,33)/t26-/m1/s1. The zero-order chi connectivity index (χ0) is 25.3. The van der Waals surface area contributed by atoms with Gasteiger partial charge in [-0.15, -0.1) is 0 Å². The molecule has 0 unspecified atom stereocenters. The lowest BCUT2D eigenvalue weighted by Crippen LogP contribution is -2.49. The van der Waals surface area contributed by atoms with E-state index in [1.54, 1.807) is 24.3 Å². The first kappa shape index (κ1) is 26.1. The van der Waals surface area contributed by atoms with E-state index in [0.29, 0.717) is 36.9 Å². The van der Waals surface area contributed by atoms with E-state index in [9.17, 15) is 4.79 Å². The van der Waals surface area contributed by atoms with Gasteiger partial charge in [-0.05, 0) is 47.2 Å². The molecule has 0 radical (unpaired) electrons. The van der Waals surface area contributed by atoms with Crippen LogP contribution in [-0.4, -0.2) is 48.8 Å². The summed E-state index contributed by atoms with van der Waals surface area (Å²) in [5.74, 6) is 0.825. The van der Waals surface area contributed by atoms with Gasteiger partial charge in [-0.3, -0.25) is 4.79 Å². The van der Waals surface area contributed by atoms with Crippen molar-refractivity contribution >= 4 is 17.5 Å². The van der Waals surface area contributed by atoms with Crippen LogP contribution in [0, 0.1) is 5.41 Å². The van der Waals surface area contributed by atoms with Crippen LogP contribution < -0.4 is 10.1 Å². The van der Waals surface area contributed by atoms with Crippen LogP contribution in [-0.2, 0) is 16.0 Å². The molecule has 2 aromatic rings. The zero-order valence-electron chi connectivity index (χ0n) is 20.5. The van der Waals surface area contributed by atoms with Crippen molar-refractivity contribution in [3.05, 3.63) is 70.1 Å². The van der Waals surface area contributed by atoms with Crippen LogP contribution in [0.3, 0.4) is 0 Å². The summed E-state index contributed by atoms with van der Waals surface area (Å²) in [6.45, 7) is 7.46. The Morgan fingerprint density at radius 2 is 2.00 bits per heavy atom. The highest BCUT2D eigenvalue weighted by Crippen LogP contribution is 2.31. The summed E-state index contributed by atoms with van der Waals surface area (Å²) in [4.78, 5) is 21.2. The number of aliphatic imine (C=N–C) groups is 1. The number of hydrogen-bond acceptors (Lipinski definition) is 6. The van der Waals surface area contributed by atoms with E-state index in [1.165, 1.54) is 0 Å². The Morgan fingerprint density at radius 3 is 2.69 bits per heavy atom. The summed E-state index contributed by atoms with van der Waals surface area (Å²) in [7, 11) is 0. The number of carbonyl (C=O) groups excluding carboxylic acids is 1. The maximum absolute atomic E-state index is 13.5. The Bertz CT molecular complexity index is 1090. The molecular weight excluding hydrogens is 446 g/mol. The molecule has 3 rings (SSSR count). The third kappa shape index (κ3) is 7.21. The number of ether oxygens (including phenoxy) is 2. The van der Waals surface area contributed by atoms with Crippen molar-refractivity contribution in [3.63, 3.8) is 0 Å². The number of hydrogen-bond donors (Lipinski definition) is 2. The molecule has 0 saturated heterocycles. The smallest absolute Gasteiger partial charge is 0.251 e. The lowest BCUT2D eigenvalue weighted by Gasteiger charge is -2.25. The summed E-state index contributed by atoms with van der Waals surface area (Å²) in [6, 6.07) is 14.4. The molecule has 0 saturated carbocycles. The molecule has 0 aliphatic carbocycles. The van der Waals surface area contributed by atoms with Gasteiger partial charge < -0.3 is 19.9 Å². The van der Waals surface area contributed by atoms with Crippen molar-refractivity contribution in [1.29, 1.82) is 0 Å². The van der Waals surface area contributed by atoms with Crippen LogP contribution >= 0.6 is 0 Å². The van der Waals surface area contributed by atoms with Gasteiger partial charge in [0.2, 0.25) is 5.90 Å². The highest BCUT2D eigenvalue weighted by Gasteiger charge is 2.44. The van der Waals surface area contributed by atoms with Crippen LogP contribution in [0.5, 0.6) is 5.75 Å². The van der Waals surface area contributed by atoms with Crippen molar-refractivity contribution in [3.8, 4) is 5.75 Å². The van der Waals surface area contributed by atoms with Gasteiger partial charge in [0.25, 0.3) is 5.91 Å². The lowest BCUT2D eigenvalue weighted by atomic mass is 9.89. The van der Waals surface area contributed by atoms with Crippen LogP contribution in [0.4, 0.5) is 5.69 Å². The second-order valence-corrected chi connectivity index (χ2v) is 9.75. The number of nitrogens with one attached hydrogen (secondary N) is 1. The Hall–Kier alpha value is -3.55. The minimum atomic E-state index is -1.19. The zero-order valence-corrected chi connectivity index (χ0v) is 20.5. The molecule has 2 N–H and O–H groups in total. The van der Waals surface area contributed by atoms with Gasteiger partial charge in [-0.2, -0.15) is 0 Å². The van der Waals surface area contributed by atoms with E-state index in [-0.39, 0.29) is 31.0 Å². The van der Waals surface area contributed by atoms with Gasteiger partial charge in [0.05, 0.1) is 6.61 Å². The van der Waals surface area contributed by atoms with Crippen molar-refractivity contribution in [1.82, 2.24) is 5.32 Å². The number of amides is 1. The molecule has 1 amide bonds. The fraction of sp³-hybridized carbons (Fsp3) is 0.462. The van der Waals surface area contributed by atoms with Gasteiger partial charge in [-0.25, -0.2) is 4.99 Å². The van der Waals surface area contributed by atoms with E-state index in [4.69, 9.17) is 25.1 Å². The molecule has 0 fully saturated rings. The molecule has 1 aliphatic rings. The highest BCUT2D eigenvalue weighted by atomic mass is 16.5. The average Bonchev–Trinajstić information content (AvgIpc) is 3.26. The molecule has 1 atom stereocenters. The first-order valence-electron chi connectivity index (χ1n) is 11.7. The molecular formula is C26H33N5O4. The average molecular weight is 480 g/mol. The Morgan fingerprint density at radius 1 is 1.26 bits per heavy atom. The minimum Gasteiger partial charge on any atom is -0.494 e. The maximum Gasteiger partial charge on any atom is 0.251 e. The third-order valence-corrected chi connectivity index (χ3v) is 5.65. The molecule has 0 bridgehead atoms. The van der Waals surface area contributed by atoms with Gasteiger partial charge in [0, 0.05) is 42.2 Å². The quantitative estimate of drug-likeness (QED) is 0.209. The number of benzene rings is 2. The lowest BCUT2D eigenvalue weighted by molar-refractivity contribution is -0.126. The van der Waals surface area contributed by atoms with Gasteiger partial charge in [0.1, 0.15) is 12.4 Å². The Labute approximate surface area is 205 Å². The van der Waals surface area contributed by atoms with Gasteiger partial charge >= 0.3 is 0 Å². The summed E-state index contributed by atoms with van der Waals surface area (Å²) in [6.07, 6.45) is 1.61. The number of aliphatic hydroxyl groups is 1. The van der Waals surface area contributed by atoms with Crippen molar-refractivity contribution in [2.45, 2.75) is 45.6 Å². The third-order valence-electron chi connectivity index (χ3n) is 5.65. The molecule has 1 aliphatic heterocycles. The van der Waals surface area contributed by atoms with E-state index < -0.39 is 5.54 Å². The largest absolute Gasteiger partial charge is 0.494 e. The highest BCUT2D eigenvalue weighted by molar-refractivity contribution is 6.00. The first-order chi connectivity index (χ1) is 16.8. The molecule has 35 heavy (non-hydrogen) atoms. The number of carbonyl (C=O) groups is 1. The summed E-state index contributed by atoms with van der Waals surface area (Å²) < 4.78 is 11.5. The number of rotatable bonds is 11. The topological polar surface area (TPSA) is 129 Å². The second kappa shape index (κ2) is 11.7. The molecule has 9 nitrogen and oxygen atoms in total. The first-order valence-corrected chi connectivity index (χ1v) is 11.7. The van der Waals surface area contributed by atoms with Crippen molar-refractivity contribution in [2.24, 2.45) is 15.5 Å². The van der Waals surface area contributed by atoms with Crippen LogP contribution in [0.2, 0.25) is 0 Å². The molecule has 9 heteroatoms. The number of nitrogens with zero attached hydrogens (tertiary/aromatic N) is 4. The summed E-state index contributed by atoms with van der Waals surface area (Å²) in [5, 5.41) is 15.7. The minimum absolute atomic E-state index is 0.0725. The van der Waals surface area contributed by atoms with Crippen molar-refractivity contribution in [2.75, 3.05) is 26.4 Å². The van der Waals surface area contributed by atoms with Crippen LogP contribution in [0.25, 0.3) is 10.4 Å². The Kier molecular flexibility index (Phi) is 8.73. The van der Waals surface area contributed by atoms with E-state index in [2.05, 4.69) is 36.1 Å². The summed E-state index contributed by atoms with van der Waals surface area (Å²) >= 11 is 0. The molecule has 1 heterocycles. The SMILES string of the molecule is CC(C)(C)CCNC(=O)[C@@]1(Cc2ccccc2N=[N+]=[N-])COC(c2ccc(OCCCO)cc2)=N1.